The standard InChI is InChI=1S/C15H20N2O4S/c1-11(17-14(10-18)15-7-4-8-21-15)12-5-3-6-13(9-12)22(19,20)16-2/h3-9,11,14,16-18H,10H2,1-2H3. The first-order valence-electron chi connectivity index (χ1n) is 6.91. The van der Waals surface area contributed by atoms with Crippen molar-refractivity contribution in [3.63, 3.8) is 0 Å². The van der Waals surface area contributed by atoms with Crippen LogP contribution in [0, 0.1) is 0 Å². The zero-order valence-corrected chi connectivity index (χ0v) is 13.3. The lowest BCUT2D eigenvalue weighted by Crippen LogP contribution is -2.27. The van der Waals surface area contributed by atoms with Crippen LogP contribution in [-0.2, 0) is 10.0 Å². The molecule has 2 unspecified atom stereocenters. The van der Waals surface area contributed by atoms with Crippen LogP contribution in [0.2, 0.25) is 0 Å². The first-order chi connectivity index (χ1) is 10.5. The molecule has 0 aliphatic carbocycles. The molecule has 0 aliphatic rings. The first kappa shape index (κ1) is 16.7. The second kappa shape index (κ2) is 7.06. The Morgan fingerprint density at radius 2 is 2.05 bits per heavy atom. The van der Waals surface area contributed by atoms with Crippen LogP contribution in [0.3, 0.4) is 0 Å². The van der Waals surface area contributed by atoms with Gasteiger partial charge in [-0.15, -0.1) is 0 Å². The molecule has 3 N–H and O–H groups in total. The first-order valence-corrected chi connectivity index (χ1v) is 8.40. The average molecular weight is 324 g/mol. The lowest BCUT2D eigenvalue weighted by Gasteiger charge is -2.21. The summed E-state index contributed by atoms with van der Waals surface area (Å²) in [5.41, 5.74) is 0.807. The predicted octanol–water partition coefficient (Wildman–Crippen LogP) is 1.57. The van der Waals surface area contributed by atoms with E-state index in [1.54, 1.807) is 30.5 Å². The van der Waals surface area contributed by atoms with Crippen molar-refractivity contribution in [3.8, 4) is 0 Å². The van der Waals surface area contributed by atoms with Crippen molar-refractivity contribution >= 4 is 10.0 Å². The summed E-state index contributed by atoms with van der Waals surface area (Å²) in [6.45, 7) is 1.78. The molecule has 22 heavy (non-hydrogen) atoms. The fourth-order valence-electron chi connectivity index (χ4n) is 2.18. The van der Waals surface area contributed by atoms with Crippen LogP contribution in [0.5, 0.6) is 0 Å². The van der Waals surface area contributed by atoms with E-state index in [0.717, 1.165) is 5.56 Å². The Bertz CT molecular complexity index is 698. The Labute approximate surface area is 130 Å². The summed E-state index contributed by atoms with van der Waals surface area (Å²) in [6, 6.07) is 9.70. The Kier molecular flexibility index (Phi) is 5.36. The van der Waals surface area contributed by atoms with Crippen LogP contribution >= 0.6 is 0 Å². The monoisotopic (exact) mass is 324 g/mol. The summed E-state index contributed by atoms with van der Waals surface area (Å²) < 4.78 is 31.3. The quantitative estimate of drug-likeness (QED) is 0.719. The third-order valence-corrected chi connectivity index (χ3v) is 4.87. The van der Waals surface area contributed by atoms with Crippen LogP contribution in [0.1, 0.15) is 30.3 Å². The van der Waals surface area contributed by atoms with E-state index < -0.39 is 10.0 Å². The summed E-state index contributed by atoms with van der Waals surface area (Å²) in [4.78, 5) is 0.208. The lowest BCUT2D eigenvalue weighted by molar-refractivity contribution is 0.217. The van der Waals surface area contributed by atoms with Gasteiger partial charge in [0.1, 0.15) is 5.76 Å². The highest BCUT2D eigenvalue weighted by molar-refractivity contribution is 7.89. The fraction of sp³-hybridized carbons (Fsp3) is 0.333. The Hall–Kier alpha value is -1.67. The predicted molar refractivity (Wildman–Crippen MR) is 82.8 cm³/mol. The van der Waals surface area contributed by atoms with Crippen molar-refractivity contribution in [2.24, 2.45) is 0 Å². The van der Waals surface area contributed by atoms with Crippen LogP contribution < -0.4 is 10.0 Å². The van der Waals surface area contributed by atoms with E-state index in [9.17, 15) is 13.5 Å². The molecule has 2 aromatic rings. The van der Waals surface area contributed by atoms with Crippen molar-refractivity contribution in [2.75, 3.05) is 13.7 Å². The maximum absolute atomic E-state index is 11.9. The molecule has 2 atom stereocenters. The van der Waals surface area contributed by atoms with Crippen molar-refractivity contribution in [3.05, 3.63) is 54.0 Å². The van der Waals surface area contributed by atoms with Crippen LogP contribution in [0.4, 0.5) is 0 Å². The molecule has 0 amide bonds. The van der Waals surface area contributed by atoms with Crippen molar-refractivity contribution in [1.82, 2.24) is 10.0 Å². The maximum Gasteiger partial charge on any atom is 0.240 e. The van der Waals surface area contributed by atoms with E-state index in [2.05, 4.69) is 10.0 Å². The molecular formula is C15H20N2O4S. The number of nitrogens with one attached hydrogen (secondary N) is 2. The van der Waals surface area contributed by atoms with Crippen LogP contribution in [0.15, 0.2) is 52.0 Å². The van der Waals surface area contributed by atoms with Gasteiger partial charge < -0.3 is 9.52 Å². The van der Waals surface area contributed by atoms with E-state index in [-0.39, 0.29) is 23.6 Å². The van der Waals surface area contributed by atoms with Crippen molar-refractivity contribution < 1.29 is 17.9 Å². The minimum atomic E-state index is -3.48. The van der Waals surface area contributed by atoms with Crippen molar-refractivity contribution in [1.29, 1.82) is 0 Å². The van der Waals surface area contributed by atoms with Gasteiger partial charge in [-0.1, -0.05) is 12.1 Å². The molecule has 0 bridgehead atoms. The van der Waals surface area contributed by atoms with E-state index >= 15 is 0 Å². The molecule has 6 nitrogen and oxygen atoms in total. The number of hydrogen-bond acceptors (Lipinski definition) is 5. The number of aliphatic hydroxyl groups is 1. The Morgan fingerprint density at radius 3 is 2.64 bits per heavy atom. The highest BCUT2D eigenvalue weighted by atomic mass is 32.2. The van der Waals surface area contributed by atoms with E-state index in [0.29, 0.717) is 5.76 Å². The molecule has 2 rings (SSSR count). The Balaban J connectivity index is 2.19. The highest BCUT2D eigenvalue weighted by Crippen LogP contribution is 2.21. The van der Waals surface area contributed by atoms with E-state index in [1.807, 2.05) is 13.0 Å². The molecule has 1 heterocycles. The number of rotatable bonds is 7. The van der Waals surface area contributed by atoms with Gasteiger partial charge in [0, 0.05) is 6.04 Å². The number of sulfonamides is 1. The normalized spacial score (nSPS) is 14.7. The molecule has 0 aliphatic heterocycles. The molecular weight excluding hydrogens is 304 g/mol. The van der Waals surface area contributed by atoms with Gasteiger partial charge >= 0.3 is 0 Å². The summed E-state index contributed by atoms with van der Waals surface area (Å²) in [6.07, 6.45) is 1.55. The Morgan fingerprint density at radius 1 is 1.27 bits per heavy atom. The largest absolute Gasteiger partial charge is 0.468 e. The van der Waals surface area contributed by atoms with Gasteiger partial charge in [0.05, 0.1) is 23.8 Å². The zero-order chi connectivity index (χ0) is 16.2. The summed E-state index contributed by atoms with van der Waals surface area (Å²) in [5.74, 6) is 0.633. The molecule has 0 spiro atoms. The SMILES string of the molecule is CNS(=O)(=O)c1cccc(C(C)NC(CO)c2ccco2)c1. The number of benzene rings is 1. The summed E-state index contributed by atoms with van der Waals surface area (Å²) in [5, 5.41) is 12.7. The molecule has 7 heteroatoms. The van der Waals surface area contributed by atoms with Crippen LogP contribution in [0.25, 0.3) is 0 Å². The number of aliphatic hydroxyl groups excluding tert-OH is 1. The van der Waals surface area contributed by atoms with E-state index in [4.69, 9.17) is 4.42 Å². The van der Waals surface area contributed by atoms with Gasteiger partial charge in [-0.05, 0) is 43.8 Å². The van der Waals surface area contributed by atoms with Gasteiger partial charge in [0.15, 0.2) is 0 Å². The van der Waals surface area contributed by atoms with Gasteiger partial charge in [-0.2, -0.15) is 0 Å². The van der Waals surface area contributed by atoms with Gasteiger partial charge in [-0.3, -0.25) is 5.32 Å². The smallest absolute Gasteiger partial charge is 0.240 e. The van der Waals surface area contributed by atoms with E-state index in [1.165, 1.54) is 13.1 Å². The van der Waals surface area contributed by atoms with Gasteiger partial charge in [-0.25, -0.2) is 13.1 Å². The molecule has 1 aromatic carbocycles. The summed E-state index contributed by atoms with van der Waals surface area (Å²) >= 11 is 0. The maximum atomic E-state index is 11.9. The molecule has 1 aromatic heterocycles. The highest BCUT2D eigenvalue weighted by Gasteiger charge is 2.18. The molecule has 0 radical (unpaired) electrons. The minimum Gasteiger partial charge on any atom is -0.468 e. The third kappa shape index (κ3) is 3.75. The zero-order valence-electron chi connectivity index (χ0n) is 12.5. The van der Waals surface area contributed by atoms with Crippen LogP contribution in [-0.4, -0.2) is 27.2 Å². The third-order valence-electron chi connectivity index (χ3n) is 3.46. The van der Waals surface area contributed by atoms with Gasteiger partial charge in [0.2, 0.25) is 10.0 Å². The van der Waals surface area contributed by atoms with Gasteiger partial charge in [0.25, 0.3) is 0 Å². The lowest BCUT2D eigenvalue weighted by atomic mass is 10.1. The number of furan rings is 1. The topological polar surface area (TPSA) is 91.6 Å². The number of hydrogen-bond donors (Lipinski definition) is 3. The van der Waals surface area contributed by atoms with Crippen molar-refractivity contribution in [2.45, 2.75) is 23.9 Å². The average Bonchev–Trinajstić information content (AvgIpc) is 3.06. The molecule has 120 valence electrons. The second-order valence-corrected chi connectivity index (χ2v) is 6.81. The summed E-state index contributed by atoms with van der Waals surface area (Å²) in [7, 11) is -2.10. The minimum absolute atomic E-state index is 0.119. The molecule has 0 saturated heterocycles. The molecule has 0 fully saturated rings. The second-order valence-electron chi connectivity index (χ2n) is 4.92. The fourth-order valence-corrected chi connectivity index (χ4v) is 2.97. The molecule has 0 saturated carbocycles.